The molecule has 0 aromatic carbocycles. The topological polar surface area (TPSA) is 63.3 Å². The second-order valence-corrected chi connectivity index (χ2v) is 2.68. The summed E-state index contributed by atoms with van der Waals surface area (Å²) in [5.74, 6) is -0.902. The molecule has 11 heavy (non-hydrogen) atoms. The van der Waals surface area contributed by atoms with Crippen LogP contribution in [0.25, 0.3) is 0 Å². The lowest BCUT2D eigenvalue weighted by Crippen LogP contribution is -2.39. The van der Waals surface area contributed by atoms with Crippen LogP contribution in [0.1, 0.15) is 13.3 Å². The second-order valence-electron chi connectivity index (χ2n) is 2.68. The molecule has 5 heteroatoms. The van der Waals surface area contributed by atoms with Gasteiger partial charge in [-0.2, -0.15) is 0 Å². The second kappa shape index (κ2) is 3.61. The van der Waals surface area contributed by atoms with Gasteiger partial charge in [0.1, 0.15) is 0 Å². The van der Waals surface area contributed by atoms with Crippen molar-refractivity contribution in [1.29, 1.82) is 0 Å². The minimum absolute atomic E-state index is 0.646. The van der Waals surface area contributed by atoms with Crippen molar-refractivity contribution in [3.05, 3.63) is 0 Å². The number of carbonyl (C=O) groups is 1. The zero-order valence-electron chi connectivity index (χ0n) is 6.18. The van der Waals surface area contributed by atoms with Gasteiger partial charge in [0.05, 0.1) is 12.0 Å². The fourth-order valence-electron chi connectivity index (χ4n) is 0.584. The molecule has 0 heterocycles. The van der Waals surface area contributed by atoms with E-state index < -0.39 is 30.8 Å². The van der Waals surface area contributed by atoms with Gasteiger partial charge in [0.15, 0.2) is 0 Å². The Morgan fingerprint density at radius 1 is 1.73 bits per heavy atom. The fourth-order valence-corrected chi connectivity index (χ4v) is 0.584. The monoisotopic (exact) mass is 167 g/mol. The molecule has 0 fully saturated rings. The van der Waals surface area contributed by atoms with Gasteiger partial charge >= 0.3 is 0 Å². The summed E-state index contributed by atoms with van der Waals surface area (Å²) in [6.07, 6.45) is -3.32. The van der Waals surface area contributed by atoms with Gasteiger partial charge in [-0.15, -0.1) is 0 Å². The SMILES string of the molecule is CC(CO)(CC(F)F)C(N)=O. The van der Waals surface area contributed by atoms with Gasteiger partial charge in [0.25, 0.3) is 0 Å². The molecule has 0 bridgehead atoms. The van der Waals surface area contributed by atoms with Crippen LogP contribution >= 0.6 is 0 Å². The van der Waals surface area contributed by atoms with E-state index in [9.17, 15) is 13.6 Å². The molecule has 0 aliphatic rings. The first-order chi connectivity index (χ1) is 4.92. The van der Waals surface area contributed by atoms with E-state index in [1.54, 1.807) is 0 Å². The Bertz CT molecular complexity index is 152. The van der Waals surface area contributed by atoms with Crippen molar-refractivity contribution >= 4 is 5.91 Å². The van der Waals surface area contributed by atoms with E-state index in [1.807, 2.05) is 0 Å². The number of rotatable bonds is 4. The Labute approximate surface area is 63.2 Å². The third-order valence-corrected chi connectivity index (χ3v) is 1.55. The van der Waals surface area contributed by atoms with Crippen molar-refractivity contribution in [2.24, 2.45) is 11.1 Å². The summed E-state index contributed by atoms with van der Waals surface area (Å²) in [5.41, 5.74) is 3.31. The predicted octanol–water partition coefficient (Wildman–Crippen LogP) is 0.126. The zero-order chi connectivity index (χ0) is 9.07. The molecule has 0 rings (SSSR count). The lowest BCUT2D eigenvalue weighted by Gasteiger charge is -2.22. The van der Waals surface area contributed by atoms with E-state index >= 15 is 0 Å². The molecule has 1 unspecified atom stereocenters. The molecule has 3 N–H and O–H groups in total. The minimum atomic E-state index is -2.63. The summed E-state index contributed by atoms with van der Waals surface area (Å²) in [4.78, 5) is 10.5. The molecule has 0 saturated heterocycles. The lowest BCUT2D eigenvalue weighted by atomic mass is 9.87. The van der Waals surface area contributed by atoms with Gasteiger partial charge in [-0.1, -0.05) is 0 Å². The van der Waals surface area contributed by atoms with E-state index in [4.69, 9.17) is 10.8 Å². The van der Waals surface area contributed by atoms with Crippen LogP contribution in [0, 0.1) is 5.41 Å². The highest BCUT2D eigenvalue weighted by atomic mass is 19.3. The third-order valence-electron chi connectivity index (χ3n) is 1.55. The average Bonchev–Trinajstić information content (AvgIpc) is 1.86. The maximum Gasteiger partial charge on any atom is 0.239 e. The molecule has 66 valence electrons. The smallest absolute Gasteiger partial charge is 0.239 e. The highest BCUT2D eigenvalue weighted by Crippen LogP contribution is 2.23. The normalized spacial score (nSPS) is 16.5. The fraction of sp³-hybridized carbons (Fsp3) is 0.833. The van der Waals surface area contributed by atoms with Crippen LogP contribution in [0.5, 0.6) is 0 Å². The summed E-state index contributed by atoms with van der Waals surface area (Å²) in [7, 11) is 0. The molecular formula is C6H11F2NO2. The first-order valence-corrected chi connectivity index (χ1v) is 3.11. The molecule has 0 spiro atoms. The van der Waals surface area contributed by atoms with Crippen LogP contribution in [0.2, 0.25) is 0 Å². The van der Waals surface area contributed by atoms with Crippen molar-refractivity contribution < 1.29 is 18.7 Å². The Balaban J connectivity index is 4.22. The number of amides is 1. The van der Waals surface area contributed by atoms with E-state index in [1.165, 1.54) is 6.92 Å². The maximum absolute atomic E-state index is 11.8. The van der Waals surface area contributed by atoms with Crippen molar-refractivity contribution in [2.75, 3.05) is 6.61 Å². The van der Waals surface area contributed by atoms with Gasteiger partial charge in [-0.25, -0.2) is 8.78 Å². The van der Waals surface area contributed by atoms with Crippen LogP contribution in [0.3, 0.4) is 0 Å². The van der Waals surface area contributed by atoms with Crippen LogP contribution in [0.15, 0.2) is 0 Å². The summed E-state index contributed by atoms with van der Waals surface area (Å²) in [6, 6.07) is 0. The molecule has 0 saturated carbocycles. The van der Waals surface area contributed by atoms with Crippen molar-refractivity contribution in [1.82, 2.24) is 0 Å². The highest BCUT2D eigenvalue weighted by molar-refractivity contribution is 5.80. The first-order valence-electron chi connectivity index (χ1n) is 3.11. The molecule has 1 amide bonds. The van der Waals surface area contributed by atoms with Crippen LogP contribution in [-0.2, 0) is 4.79 Å². The van der Waals surface area contributed by atoms with Gasteiger partial charge in [-0.05, 0) is 6.92 Å². The van der Waals surface area contributed by atoms with Crippen molar-refractivity contribution in [2.45, 2.75) is 19.8 Å². The van der Waals surface area contributed by atoms with Crippen LogP contribution in [0.4, 0.5) is 8.78 Å². The number of aliphatic hydroxyl groups is 1. The molecule has 0 aliphatic heterocycles. The van der Waals surface area contributed by atoms with Gasteiger partial charge in [0.2, 0.25) is 12.3 Å². The standard InChI is InChI=1S/C6H11F2NO2/c1-6(3-10,5(9)11)2-4(7)8/h4,10H,2-3H2,1H3,(H2,9,11). The van der Waals surface area contributed by atoms with Gasteiger partial charge in [-0.3, -0.25) is 4.79 Å². The summed E-state index contributed by atoms with van der Waals surface area (Å²) < 4.78 is 23.5. The van der Waals surface area contributed by atoms with E-state index in [0.29, 0.717) is 0 Å². The largest absolute Gasteiger partial charge is 0.395 e. The number of alkyl halides is 2. The van der Waals surface area contributed by atoms with Crippen LogP contribution in [-0.4, -0.2) is 24.0 Å². The molecule has 0 aromatic rings. The molecule has 0 aliphatic carbocycles. The Kier molecular flexibility index (Phi) is 3.38. The quantitative estimate of drug-likeness (QED) is 0.624. The summed E-state index contributed by atoms with van der Waals surface area (Å²) in [5, 5.41) is 8.57. The number of hydrogen-bond acceptors (Lipinski definition) is 2. The Morgan fingerprint density at radius 2 is 2.18 bits per heavy atom. The van der Waals surface area contributed by atoms with E-state index in [2.05, 4.69) is 0 Å². The van der Waals surface area contributed by atoms with Gasteiger partial charge in [0, 0.05) is 6.42 Å². The number of nitrogens with two attached hydrogens (primary N) is 1. The number of hydrogen-bond donors (Lipinski definition) is 2. The number of primary amides is 1. The van der Waals surface area contributed by atoms with E-state index in [-0.39, 0.29) is 0 Å². The maximum atomic E-state index is 11.8. The lowest BCUT2D eigenvalue weighted by molar-refractivity contribution is -0.131. The zero-order valence-corrected chi connectivity index (χ0v) is 6.18. The molecular weight excluding hydrogens is 156 g/mol. The third kappa shape index (κ3) is 2.80. The highest BCUT2D eigenvalue weighted by Gasteiger charge is 2.33. The molecule has 0 aromatic heterocycles. The average molecular weight is 167 g/mol. The minimum Gasteiger partial charge on any atom is -0.395 e. The number of aliphatic hydroxyl groups excluding tert-OH is 1. The van der Waals surface area contributed by atoms with Crippen molar-refractivity contribution in [3.63, 3.8) is 0 Å². The molecule has 1 atom stereocenters. The van der Waals surface area contributed by atoms with Crippen molar-refractivity contribution in [3.8, 4) is 0 Å². The molecule has 3 nitrogen and oxygen atoms in total. The predicted molar refractivity (Wildman–Crippen MR) is 35.0 cm³/mol. The summed E-state index contributed by atoms with van der Waals surface area (Å²) in [6.45, 7) is 0.564. The Morgan fingerprint density at radius 3 is 2.27 bits per heavy atom. The van der Waals surface area contributed by atoms with Crippen LogP contribution < -0.4 is 5.73 Å². The molecule has 0 radical (unpaired) electrons. The first kappa shape index (κ1) is 10.3. The Hall–Kier alpha value is -0.710. The number of carbonyl (C=O) groups excluding carboxylic acids is 1. The van der Waals surface area contributed by atoms with Gasteiger partial charge < -0.3 is 10.8 Å². The number of halogens is 2. The summed E-state index contributed by atoms with van der Waals surface area (Å²) >= 11 is 0. The van der Waals surface area contributed by atoms with E-state index in [0.717, 1.165) is 0 Å².